The largest absolute Gasteiger partial charge is 0.492 e. The normalized spacial score (nSPS) is 19.0. The number of aromatic nitrogens is 2. The number of fused-ring (bicyclic) bond motifs is 3. The van der Waals surface area contributed by atoms with Crippen molar-refractivity contribution in [1.82, 2.24) is 35.3 Å². The molecular weight excluding hydrogens is 932 g/mol. The van der Waals surface area contributed by atoms with E-state index in [-0.39, 0.29) is 62.5 Å². The fraction of sp³-hybridized carbons (Fsp3) is 0.519. The molecule has 4 heterocycles. The molecule has 7 rings (SSSR count). The number of nitrogens with one attached hydrogen (secondary N) is 3. The topological polar surface area (TPSA) is 152 Å². The number of aliphatic hydroxyl groups excluding tert-OH is 1. The van der Waals surface area contributed by atoms with Gasteiger partial charge in [0.25, 0.3) is 0 Å². The summed E-state index contributed by atoms with van der Waals surface area (Å²) in [6, 6.07) is 15.2. The predicted octanol–water partition coefficient (Wildman–Crippen LogP) is 8.27. The first-order valence-corrected chi connectivity index (χ1v) is 25.5. The number of para-hydroxylation sites is 1. The average molecular weight is 1000 g/mol. The van der Waals surface area contributed by atoms with E-state index in [9.17, 15) is 19.5 Å². The molecule has 17 heteroatoms. The minimum Gasteiger partial charge on any atom is -0.492 e. The van der Waals surface area contributed by atoms with Gasteiger partial charge in [0.05, 0.1) is 28.2 Å². The van der Waals surface area contributed by atoms with Crippen molar-refractivity contribution < 1.29 is 42.1 Å². The molecule has 1 fully saturated rings. The van der Waals surface area contributed by atoms with Crippen LogP contribution in [0.2, 0.25) is 0 Å². The number of aryl methyl sites for hydroxylation is 1. The predicted molar refractivity (Wildman–Crippen MR) is 271 cm³/mol. The molecule has 0 bridgehead atoms. The highest BCUT2D eigenvalue weighted by atomic mass is 32.1. The fourth-order valence-electron chi connectivity index (χ4n) is 9.75. The average Bonchev–Trinajstić information content (AvgIpc) is 4.03. The molecule has 2 aliphatic heterocycles. The molecule has 3 aromatic carbocycles. The van der Waals surface area contributed by atoms with E-state index >= 15 is 13.2 Å². The maximum Gasteiger partial charge on any atom is 0.246 e. The lowest BCUT2D eigenvalue weighted by Gasteiger charge is -2.43. The Bertz CT molecular complexity index is 2600. The van der Waals surface area contributed by atoms with E-state index in [1.54, 1.807) is 11.3 Å². The van der Waals surface area contributed by atoms with Crippen LogP contribution in [0.25, 0.3) is 21.3 Å². The second-order valence-electron chi connectivity index (χ2n) is 20.9. The number of benzene rings is 3. The molecule has 1 saturated heterocycles. The Morgan fingerprint density at radius 1 is 1.00 bits per heavy atom. The molecular formula is C54H70F3N7O6S. The van der Waals surface area contributed by atoms with Gasteiger partial charge in [0.2, 0.25) is 17.7 Å². The van der Waals surface area contributed by atoms with Gasteiger partial charge in [-0.3, -0.25) is 19.3 Å². The van der Waals surface area contributed by atoms with Gasteiger partial charge in [-0.15, -0.1) is 11.3 Å². The van der Waals surface area contributed by atoms with Gasteiger partial charge in [-0.2, -0.15) is 0 Å². The van der Waals surface area contributed by atoms with Crippen LogP contribution in [-0.2, 0) is 32.1 Å². The van der Waals surface area contributed by atoms with Crippen molar-refractivity contribution in [2.24, 2.45) is 5.41 Å². The van der Waals surface area contributed by atoms with Crippen LogP contribution in [0.3, 0.4) is 0 Å². The Morgan fingerprint density at radius 2 is 1.72 bits per heavy atom. The summed E-state index contributed by atoms with van der Waals surface area (Å²) < 4.78 is 59.0. The Balaban J connectivity index is 0.822. The second kappa shape index (κ2) is 23.0. The molecule has 13 nitrogen and oxygen atoms in total. The first-order chi connectivity index (χ1) is 33.7. The van der Waals surface area contributed by atoms with Gasteiger partial charge < -0.3 is 40.0 Å². The molecule has 0 radical (unpaired) electrons. The van der Waals surface area contributed by atoms with Crippen molar-refractivity contribution in [2.45, 2.75) is 123 Å². The van der Waals surface area contributed by atoms with Crippen LogP contribution in [0, 0.1) is 24.0 Å². The van der Waals surface area contributed by atoms with Crippen molar-refractivity contribution in [3.63, 3.8) is 0 Å². The standard InChI is InChI=1S/C54H70F3N7O6S/c1-33-24-40-39-14-10-11-15-43(39)60-47(40)48(64(33)31-54(6,7)57)46-41(55)26-38(27-42(46)56)70-23-21-62(8)20-12-9-13-22-69-30-45(66)61-50(53(3,4)5)52(68)63-29-37(65)25-44(63)51(67)58-28-35-16-18-36(19-17-35)49-34(2)59-32-71-49/h10-11,14-19,26-27,32-33,37,44,48,50,60,65H,9,12-13,20-25,28-31H2,1-8H3,(H,58,67)(H,61,66)/t33-,37-,44+,48-,50?/m1/s1. The number of carbonyl (C=O) groups is 3. The number of nitrogens with zero attached hydrogens (tertiary/aromatic N) is 4. The summed E-state index contributed by atoms with van der Waals surface area (Å²) in [6.07, 6.45) is 2.18. The van der Waals surface area contributed by atoms with E-state index in [0.29, 0.717) is 31.7 Å². The van der Waals surface area contributed by atoms with Crippen molar-refractivity contribution in [3.05, 3.63) is 106 Å². The number of unbranched alkanes of at least 4 members (excludes halogenated alkanes) is 2. The van der Waals surface area contributed by atoms with E-state index < -0.39 is 58.8 Å². The number of ether oxygens (including phenoxy) is 2. The summed E-state index contributed by atoms with van der Waals surface area (Å²) in [5.41, 5.74) is 4.78. The number of likely N-dealkylation sites (N-methyl/N-ethyl adjacent to an activating group) is 1. The summed E-state index contributed by atoms with van der Waals surface area (Å²) >= 11 is 1.57. The zero-order valence-electron chi connectivity index (χ0n) is 42.2. The molecule has 71 heavy (non-hydrogen) atoms. The number of thiazole rings is 1. The van der Waals surface area contributed by atoms with Gasteiger partial charge in [-0.05, 0) is 95.1 Å². The first-order valence-electron chi connectivity index (χ1n) is 24.7. The number of aliphatic hydroxyl groups is 1. The Labute approximate surface area is 419 Å². The van der Waals surface area contributed by atoms with Gasteiger partial charge in [-0.1, -0.05) is 63.2 Å². The zero-order valence-corrected chi connectivity index (χ0v) is 43.1. The molecule has 5 atom stereocenters. The van der Waals surface area contributed by atoms with Gasteiger partial charge in [0.15, 0.2) is 0 Å². The first kappa shape index (κ1) is 53.5. The van der Waals surface area contributed by atoms with E-state index in [0.717, 1.165) is 57.6 Å². The quantitative estimate of drug-likeness (QED) is 0.0533. The van der Waals surface area contributed by atoms with Gasteiger partial charge in [0, 0.05) is 79.5 Å². The Morgan fingerprint density at radius 3 is 2.39 bits per heavy atom. The Kier molecular flexibility index (Phi) is 17.4. The van der Waals surface area contributed by atoms with Crippen molar-refractivity contribution in [1.29, 1.82) is 0 Å². The van der Waals surface area contributed by atoms with Gasteiger partial charge >= 0.3 is 0 Å². The van der Waals surface area contributed by atoms with Gasteiger partial charge in [-0.25, -0.2) is 18.2 Å². The molecule has 0 spiro atoms. The number of aromatic amines is 1. The lowest BCUT2D eigenvalue weighted by atomic mass is 9.85. The number of amides is 3. The lowest BCUT2D eigenvalue weighted by Crippen LogP contribution is -2.58. The smallest absolute Gasteiger partial charge is 0.246 e. The number of halogens is 3. The van der Waals surface area contributed by atoms with E-state index in [4.69, 9.17) is 9.47 Å². The number of H-pyrrole nitrogens is 1. The molecule has 0 saturated carbocycles. The number of hydrogen-bond acceptors (Lipinski definition) is 10. The third kappa shape index (κ3) is 13.4. The molecule has 5 aromatic rings. The van der Waals surface area contributed by atoms with E-state index in [1.165, 1.54) is 30.9 Å². The highest BCUT2D eigenvalue weighted by Crippen LogP contribution is 2.44. The number of alkyl halides is 1. The second-order valence-corrected chi connectivity index (χ2v) is 21.8. The number of hydrogen-bond donors (Lipinski definition) is 4. The van der Waals surface area contributed by atoms with Crippen LogP contribution in [-0.4, -0.2) is 130 Å². The minimum absolute atomic E-state index is 0.00603. The summed E-state index contributed by atoms with van der Waals surface area (Å²) in [5, 5.41) is 17.3. The molecule has 1 unspecified atom stereocenters. The number of rotatable bonds is 21. The summed E-state index contributed by atoms with van der Waals surface area (Å²) in [6.45, 7) is 14.1. The van der Waals surface area contributed by atoms with Crippen molar-refractivity contribution >= 4 is 40.0 Å². The number of likely N-dealkylation sites (tertiary alicyclic amines) is 1. The van der Waals surface area contributed by atoms with E-state index in [1.807, 2.05) is 101 Å². The maximum atomic E-state index is 16.1. The maximum absolute atomic E-state index is 16.1. The molecule has 0 aliphatic carbocycles. The molecule has 2 aliphatic rings. The highest BCUT2D eigenvalue weighted by Gasteiger charge is 2.45. The third-order valence-electron chi connectivity index (χ3n) is 13.4. The minimum atomic E-state index is -1.60. The lowest BCUT2D eigenvalue weighted by molar-refractivity contribution is -0.144. The summed E-state index contributed by atoms with van der Waals surface area (Å²) in [5.74, 6) is -2.71. The third-order valence-corrected chi connectivity index (χ3v) is 14.4. The SMILES string of the molecule is Cc1ncsc1-c1ccc(CNC(=O)[C@@H]2C[C@@H](O)CN2C(=O)C(NC(=O)COCCCCCN(C)CCOc2cc(F)c([C@@H]3c4[nH]c5ccccc5c4C[C@@H](C)N3CC(C)(C)F)c(F)c2)C(C)(C)C)cc1. The van der Waals surface area contributed by atoms with Crippen LogP contribution in [0.1, 0.15) is 101 Å². The van der Waals surface area contributed by atoms with E-state index in [2.05, 4.69) is 25.5 Å². The molecule has 2 aromatic heterocycles. The van der Waals surface area contributed by atoms with Gasteiger partial charge in [0.1, 0.15) is 48.4 Å². The monoisotopic (exact) mass is 1000 g/mol. The van der Waals surface area contributed by atoms with Crippen LogP contribution in [0.5, 0.6) is 5.75 Å². The Hall–Kier alpha value is -5.33. The van der Waals surface area contributed by atoms with Crippen molar-refractivity contribution in [2.75, 3.05) is 53.0 Å². The van der Waals surface area contributed by atoms with Crippen LogP contribution < -0.4 is 15.4 Å². The van der Waals surface area contributed by atoms with Crippen LogP contribution >= 0.6 is 11.3 Å². The molecule has 3 amide bonds. The molecule has 384 valence electrons. The number of β-amino-alcohol motifs (C(OH)–C–C–N with tert-alkyl or cyclic N) is 1. The van der Waals surface area contributed by atoms with Crippen molar-refractivity contribution in [3.8, 4) is 16.2 Å². The fourth-order valence-corrected chi connectivity index (χ4v) is 10.6. The zero-order chi connectivity index (χ0) is 51.2. The molecule has 4 N–H and O–H groups in total. The van der Waals surface area contributed by atoms with Crippen LogP contribution in [0.4, 0.5) is 13.2 Å². The highest BCUT2D eigenvalue weighted by molar-refractivity contribution is 7.13. The number of carbonyl (C=O) groups excluding carboxylic acids is 3. The van der Waals surface area contributed by atoms with Crippen LogP contribution in [0.15, 0.2) is 66.2 Å². The summed E-state index contributed by atoms with van der Waals surface area (Å²) in [7, 11) is 1.94. The summed E-state index contributed by atoms with van der Waals surface area (Å²) in [4.78, 5) is 54.7.